The number of aliphatic hydroxyl groups is 7. The molecule has 0 aromatic heterocycles. The monoisotopic (exact) mass is 867 g/mol. The largest absolute Gasteiger partial charge is 0.457 e. The Balaban J connectivity index is 1.58. The molecule has 2 aliphatic heterocycles. The molecule has 0 amide bonds. The zero-order chi connectivity index (χ0) is 44.5. The van der Waals surface area contributed by atoms with Crippen molar-refractivity contribution >= 4 is 5.97 Å². The SMILES string of the molecule is CC/C=C\C/C=C\C/C=C\C/C=C\C/C=C\C/C=C\CCCCCCCCCOCC(COC1OC(COC2OC(CO)C(O)C(O)C2O)C(O)C(O)C1O)OC(=O)CCC. The third-order valence-electron chi connectivity index (χ3n) is 10.2. The highest BCUT2D eigenvalue weighted by molar-refractivity contribution is 5.69. The number of allylic oxidation sites excluding steroid dienone is 12. The first-order valence-electron chi connectivity index (χ1n) is 22.5. The summed E-state index contributed by atoms with van der Waals surface area (Å²) in [6.07, 6.45) is 26.0. The maximum absolute atomic E-state index is 12.3. The van der Waals surface area contributed by atoms with E-state index in [0.29, 0.717) is 13.0 Å². The topological polar surface area (TPSA) is 214 Å². The maximum Gasteiger partial charge on any atom is 0.306 e. The van der Waals surface area contributed by atoms with Gasteiger partial charge in [0.1, 0.15) is 54.9 Å². The molecule has 0 aromatic carbocycles. The molecule has 0 bridgehead atoms. The minimum absolute atomic E-state index is 0.0433. The van der Waals surface area contributed by atoms with Gasteiger partial charge in [0.25, 0.3) is 0 Å². The van der Waals surface area contributed by atoms with Crippen molar-refractivity contribution in [3.63, 3.8) is 0 Å². The van der Waals surface area contributed by atoms with Crippen LogP contribution >= 0.6 is 0 Å². The average Bonchev–Trinajstić information content (AvgIpc) is 3.25. The Labute approximate surface area is 364 Å². The van der Waals surface area contributed by atoms with Crippen molar-refractivity contribution in [2.75, 3.05) is 33.0 Å². The van der Waals surface area contributed by atoms with Crippen LogP contribution in [-0.2, 0) is 33.2 Å². The predicted octanol–water partition coefficient (Wildman–Crippen LogP) is 5.17. The lowest BCUT2D eigenvalue weighted by Crippen LogP contribution is -2.61. The summed E-state index contributed by atoms with van der Waals surface area (Å²) in [7, 11) is 0. The number of unbranched alkanes of at least 4 members (excludes halogenated alkanes) is 7. The van der Waals surface area contributed by atoms with E-state index in [1.54, 1.807) is 0 Å². The molecule has 14 nitrogen and oxygen atoms in total. The second-order valence-corrected chi connectivity index (χ2v) is 15.5. The number of hydrogen-bond acceptors (Lipinski definition) is 14. The Morgan fingerprint density at radius 3 is 1.57 bits per heavy atom. The molecule has 2 saturated heterocycles. The molecule has 2 rings (SSSR count). The Bertz CT molecular complexity index is 1280. The molecule has 0 radical (unpaired) electrons. The van der Waals surface area contributed by atoms with Gasteiger partial charge in [-0.1, -0.05) is 119 Å². The number of carbonyl (C=O) groups is 1. The highest BCUT2D eigenvalue weighted by atomic mass is 16.7. The molecule has 2 heterocycles. The molecule has 0 aliphatic carbocycles. The molecule has 0 aromatic rings. The first-order valence-corrected chi connectivity index (χ1v) is 22.5. The Morgan fingerprint density at radius 1 is 0.557 bits per heavy atom. The van der Waals surface area contributed by atoms with Crippen molar-refractivity contribution in [3.8, 4) is 0 Å². The van der Waals surface area contributed by atoms with Gasteiger partial charge in [0.2, 0.25) is 0 Å². The van der Waals surface area contributed by atoms with Crippen molar-refractivity contribution in [2.24, 2.45) is 0 Å². The summed E-state index contributed by atoms with van der Waals surface area (Å²) in [4.78, 5) is 12.3. The van der Waals surface area contributed by atoms with Gasteiger partial charge in [-0.05, 0) is 64.2 Å². The first-order chi connectivity index (χ1) is 29.6. The molecule has 14 heteroatoms. The highest BCUT2D eigenvalue weighted by Crippen LogP contribution is 2.26. The van der Waals surface area contributed by atoms with Crippen molar-refractivity contribution in [1.82, 2.24) is 0 Å². The fourth-order valence-electron chi connectivity index (χ4n) is 6.56. The van der Waals surface area contributed by atoms with Gasteiger partial charge in [-0.2, -0.15) is 0 Å². The fraction of sp³-hybridized carbons (Fsp3) is 0.723. The van der Waals surface area contributed by atoms with Gasteiger partial charge in [-0.3, -0.25) is 4.79 Å². The molecular formula is C47H78O14. The highest BCUT2D eigenvalue weighted by Gasteiger charge is 2.47. The Hall–Kier alpha value is -2.57. The van der Waals surface area contributed by atoms with E-state index in [0.717, 1.165) is 70.6 Å². The van der Waals surface area contributed by atoms with Gasteiger partial charge in [-0.15, -0.1) is 0 Å². The molecular weight excluding hydrogens is 789 g/mol. The second-order valence-electron chi connectivity index (χ2n) is 15.5. The quantitative estimate of drug-likeness (QED) is 0.0258. The van der Waals surface area contributed by atoms with Crippen molar-refractivity contribution in [2.45, 2.75) is 184 Å². The molecule has 0 spiro atoms. The van der Waals surface area contributed by atoms with Crippen LogP contribution in [0.2, 0.25) is 0 Å². The minimum atomic E-state index is -1.71. The molecule has 11 atom stereocenters. The van der Waals surface area contributed by atoms with E-state index in [-0.39, 0.29) is 19.6 Å². The van der Waals surface area contributed by atoms with Gasteiger partial charge in [0, 0.05) is 13.0 Å². The zero-order valence-electron chi connectivity index (χ0n) is 36.6. The van der Waals surface area contributed by atoms with Crippen LogP contribution in [0, 0.1) is 0 Å². The molecule has 7 N–H and O–H groups in total. The first kappa shape index (κ1) is 54.6. The van der Waals surface area contributed by atoms with Crippen LogP contribution in [-0.4, -0.2) is 142 Å². The number of carbonyl (C=O) groups excluding carboxylic acids is 1. The van der Waals surface area contributed by atoms with Gasteiger partial charge < -0.3 is 64.2 Å². The molecule has 350 valence electrons. The van der Waals surface area contributed by atoms with E-state index >= 15 is 0 Å². The summed E-state index contributed by atoms with van der Waals surface area (Å²) in [5.41, 5.74) is 0. The minimum Gasteiger partial charge on any atom is -0.457 e. The van der Waals surface area contributed by atoms with Crippen molar-refractivity contribution in [1.29, 1.82) is 0 Å². The Morgan fingerprint density at radius 2 is 1.03 bits per heavy atom. The second kappa shape index (κ2) is 34.9. The fourth-order valence-corrected chi connectivity index (χ4v) is 6.56. The summed E-state index contributed by atoms with van der Waals surface area (Å²) >= 11 is 0. The standard InChI is InChI=1S/C47H78O14/c1-3-5-6-7-8-9-10-11-12-13-14-15-16-17-18-19-20-21-22-23-24-25-26-27-28-29-31-56-33-36(59-39(49)30-4-2)34-57-46-45(55)43(53)41(51)38(61-46)35-58-47-44(54)42(52)40(50)37(32-48)60-47/h5-6,8-9,11-12,14-15,17-18,20-21,36-38,40-48,50-55H,3-4,7,10,13,16,19,22-35H2,1-2H3/b6-5-,9-8-,12-11-,15-14-,18-17-,21-20-. The summed E-state index contributed by atoms with van der Waals surface area (Å²) < 4.78 is 33.5. The number of hydrogen-bond donors (Lipinski definition) is 7. The molecule has 0 saturated carbocycles. The average molecular weight is 867 g/mol. The van der Waals surface area contributed by atoms with E-state index in [1.807, 2.05) is 6.92 Å². The summed E-state index contributed by atoms with van der Waals surface area (Å²) in [5.74, 6) is -0.438. The van der Waals surface area contributed by atoms with Crippen LogP contribution in [0.4, 0.5) is 0 Å². The molecule has 2 fully saturated rings. The van der Waals surface area contributed by atoms with Gasteiger partial charge in [-0.25, -0.2) is 0 Å². The molecule has 2 aliphatic rings. The number of aliphatic hydroxyl groups excluding tert-OH is 7. The van der Waals surface area contributed by atoms with Crippen LogP contribution in [0.5, 0.6) is 0 Å². The van der Waals surface area contributed by atoms with Crippen LogP contribution in [0.25, 0.3) is 0 Å². The Kier molecular flexibility index (Phi) is 31.2. The number of esters is 1. The third-order valence-corrected chi connectivity index (χ3v) is 10.2. The van der Waals surface area contributed by atoms with Gasteiger partial charge >= 0.3 is 5.97 Å². The maximum atomic E-state index is 12.3. The third kappa shape index (κ3) is 23.6. The van der Waals surface area contributed by atoms with E-state index in [4.69, 9.17) is 28.4 Å². The van der Waals surface area contributed by atoms with Gasteiger partial charge in [0.15, 0.2) is 12.6 Å². The lowest BCUT2D eigenvalue weighted by Gasteiger charge is -2.42. The van der Waals surface area contributed by atoms with Crippen molar-refractivity contribution < 1.29 is 69.0 Å². The summed E-state index contributed by atoms with van der Waals surface area (Å²) in [6, 6.07) is 0. The van der Waals surface area contributed by atoms with Crippen LogP contribution in [0.1, 0.15) is 117 Å². The van der Waals surface area contributed by atoms with Crippen LogP contribution < -0.4 is 0 Å². The molecule has 11 unspecified atom stereocenters. The van der Waals surface area contributed by atoms with E-state index < -0.39 is 86.7 Å². The summed E-state index contributed by atoms with van der Waals surface area (Å²) in [5, 5.41) is 71.3. The van der Waals surface area contributed by atoms with E-state index in [9.17, 15) is 40.5 Å². The zero-order valence-corrected chi connectivity index (χ0v) is 36.6. The number of rotatable bonds is 33. The van der Waals surface area contributed by atoms with E-state index in [2.05, 4.69) is 79.8 Å². The number of ether oxygens (including phenoxy) is 6. The van der Waals surface area contributed by atoms with Crippen LogP contribution in [0.15, 0.2) is 72.9 Å². The van der Waals surface area contributed by atoms with Gasteiger partial charge in [0.05, 0.1) is 26.4 Å². The lowest BCUT2D eigenvalue weighted by molar-refractivity contribution is -0.332. The van der Waals surface area contributed by atoms with Crippen LogP contribution in [0.3, 0.4) is 0 Å². The lowest BCUT2D eigenvalue weighted by atomic mass is 9.98. The normalized spacial score (nSPS) is 28.1. The smallest absolute Gasteiger partial charge is 0.306 e. The predicted molar refractivity (Wildman–Crippen MR) is 233 cm³/mol. The van der Waals surface area contributed by atoms with E-state index in [1.165, 1.54) is 19.3 Å². The van der Waals surface area contributed by atoms with Crippen molar-refractivity contribution in [3.05, 3.63) is 72.9 Å². The summed E-state index contributed by atoms with van der Waals surface area (Å²) in [6.45, 7) is 3.12. The molecule has 61 heavy (non-hydrogen) atoms.